The molecule has 0 fully saturated rings. The first-order valence-corrected chi connectivity index (χ1v) is 8.30. The molecule has 132 valence electrons. The van der Waals surface area contributed by atoms with E-state index in [0.29, 0.717) is 30.7 Å². The highest BCUT2D eigenvalue weighted by molar-refractivity contribution is 5.97. The molecule has 3 rings (SSSR count). The Morgan fingerprint density at radius 3 is 2.50 bits per heavy atom. The van der Waals surface area contributed by atoms with Crippen molar-refractivity contribution in [3.8, 4) is 5.75 Å². The van der Waals surface area contributed by atoms with Crippen LogP contribution in [0.1, 0.15) is 27.1 Å². The second-order valence-corrected chi connectivity index (χ2v) is 5.73. The number of aromatic nitrogens is 1. The average molecular weight is 349 g/mol. The number of pyridine rings is 1. The zero-order valence-corrected chi connectivity index (χ0v) is 14.1. The van der Waals surface area contributed by atoms with E-state index in [0.717, 1.165) is 16.7 Å². The van der Waals surface area contributed by atoms with Gasteiger partial charge in [-0.05, 0) is 42.8 Å². The molecule has 0 aliphatic carbocycles. The third-order valence-corrected chi connectivity index (χ3v) is 3.89. The van der Waals surface area contributed by atoms with Gasteiger partial charge in [-0.15, -0.1) is 0 Å². The van der Waals surface area contributed by atoms with E-state index in [1.54, 1.807) is 18.3 Å². The number of carbonyl (C=O) groups is 2. The third kappa shape index (κ3) is 4.16. The molecule has 0 saturated heterocycles. The van der Waals surface area contributed by atoms with Crippen LogP contribution in [0.3, 0.4) is 0 Å². The van der Waals surface area contributed by atoms with Crippen molar-refractivity contribution >= 4 is 22.7 Å². The molecule has 0 aliphatic rings. The van der Waals surface area contributed by atoms with Crippen molar-refractivity contribution in [3.05, 3.63) is 71.9 Å². The summed E-state index contributed by atoms with van der Waals surface area (Å²) in [6, 6.07) is 15.9. The first-order chi connectivity index (χ1) is 12.6. The molecule has 6 nitrogen and oxygen atoms in total. The van der Waals surface area contributed by atoms with Crippen LogP contribution in [0.2, 0.25) is 0 Å². The maximum atomic E-state index is 12.1. The van der Waals surface area contributed by atoms with Crippen LogP contribution in [0.25, 0.3) is 10.9 Å². The minimum atomic E-state index is -0.517. The highest BCUT2D eigenvalue weighted by Gasteiger charge is 2.07. The van der Waals surface area contributed by atoms with E-state index < -0.39 is 5.91 Å². The predicted molar refractivity (Wildman–Crippen MR) is 99.1 cm³/mol. The molecule has 2 aromatic carbocycles. The standard InChI is InChI=1S/C20H19N3O3/c21-19(24)15-7-9-16(10-8-15)20(25)23-12-3-13-26-17-6-1-4-14-5-2-11-22-18(14)17/h1-2,4-11H,3,12-13H2,(H2,21,24)(H,23,25). The van der Waals surface area contributed by atoms with Gasteiger partial charge in [0.25, 0.3) is 5.91 Å². The zero-order valence-electron chi connectivity index (χ0n) is 14.1. The second-order valence-electron chi connectivity index (χ2n) is 5.73. The fourth-order valence-corrected chi connectivity index (χ4v) is 2.54. The van der Waals surface area contributed by atoms with Crippen LogP contribution >= 0.6 is 0 Å². The van der Waals surface area contributed by atoms with Gasteiger partial charge in [0.05, 0.1) is 6.61 Å². The molecule has 0 radical (unpaired) electrons. The van der Waals surface area contributed by atoms with Crippen LogP contribution in [0, 0.1) is 0 Å². The molecule has 1 aromatic heterocycles. The fraction of sp³-hybridized carbons (Fsp3) is 0.150. The first-order valence-electron chi connectivity index (χ1n) is 8.30. The van der Waals surface area contributed by atoms with Gasteiger partial charge in [-0.25, -0.2) is 0 Å². The van der Waals surface area contributed by atoms with Crippen molar-refractivity contribution in [2.24, 2.45) is 5.73 Å². The Kier molecular flexibility index (Phi) is 5.43. The van der Waals surface area contributed by atoms with Crippen molar-refractivity contribution in [3.63, 3.8) is 0 Å². The summed E-state index contributed by atoms with van der Waals surface area (Å²) in [7, 11) is 0. The lowest BCUT2D eigenvalue weighted by molar-refractivity contribution is 0.0948. The molecule has 6 heteroatoms. The van der Waals surface area contributed by atoms with E-state index in [1.165, 1.54) is 12.1 Å². The van der Waals surface area contributed by atoms with Gasteiger partial charge in [0.1, 0.15) is 11.3 Å². The monoisotopic (exact) mass is 349 g/mol. The number of primary amides is 1. The number of ether oxygens (including phenoxy) is 1. The van der Waals surface area contributed by atoms with Gasteiger partial charge < -0.3 is 15.8 Å². The highest BCUT2D eigenvalue weighted by Crippen LogP contribution is 2.22. The SMILES string of the molecule is NC(=O)c1ccc(C(=O)NCCCOc2cccc3cccnc23)cc1. The van der Waals surface area contributed by atoms with Gasteiger partial charge in [-0.3, -0.25) is 14.6 Å². The number of hydrogen-bond donors (Lipinski definition) is 2. The topological polar surface area (TPSA) is 94.3 Å². The summed E-state index contributed by atoms with van der Waals surface area (Å²) in [5.41, 5.74) is 6.86. The Morgan fingerprint density at radius 1 is 1.00 bits per heavy atom. The minimum Gasteiger partial charge on any atom is -0.491 e. The Morgan fingerprint density at radius 2 is 1.73 bits per heavy atom. The van der Waals surface area contributed by atoms with E-state index in [4.69, 9.17) is 10.5 Å². The lowest BCUT2D eigenvalue weighted by Gasteiger charge is -2.09. The van der Waals surface area contributed by atoms with Gasteiger partial charge in [-0.2, -0.15) is 0 Å². The molecule has 0 spiro atoms. The van der Waals surface area contributed by atoms with Crippen LogP contribution in [0.5, 0.6) is 5.75 Å². The molecule has 3 aromatic rings. The largest absolute Gasteiger partial charge is 0.491 e. The lowest BCUT2D eigenvalue weighted by atomic mass is 10.1. The van der Waals surface area contributed by atoms with Gasteiger partial charge >= 0.3 is 0 Å². The van der Waals surface area contributed by atoms with Gasteiger partial charge in [0, 0.05) is 29.3 Å². The molecule has 2 amide bonds. The number of nitrogens with two attached hydrogens (primary N) is 1. The van der Waals surface area contributed by atoms with E-state index >= 15 is 0 Å². The molecular weight excluding hydrogens is 330 g/mol. The third-order valence-electron chi connectivity index (χ3n) is 3.89. The van der Waals surface area contributed by atoms with Crippen molar-refractivity contribution in [2.75, 3.05) is 13.2 Å². The summed E-state index contributed by atoms with van der Waals surface area (Å²) in [6.07, 6.45) is 2.40. The molecule has 0 unspecified atom stereocenters. The van der Waals surface area contributed by atoms with Gasteiger partial charge in [0.15, 0.2) is 0 Å². The van der Waals surface area contributed by atoms with E-state index in [-0.39, 0.29) is 5.91 Å². The summed E-state index contributed by atoms with van der Waals surface area (Å²) in [4.78, 5) is 27.4. The van der Waals surface area contributed by atoms with E-state index in [9.17, 15) is 9.59 Å². The lowest BCUT2D eigenvalue weighted by Crippen LogP contribution is -2.25. The van der Waals surface area contributed by atoms with Crippen molar-refractivity contribution in [1.29, 1.82) is 0 Å². The summed E-state index contributed by atoms with van der Waals surface area (Å²) < 4.78 is 5.78. The molecular formula is C20H19N3O3. The summed E-state index contributed by atoms with van der Waals surface area (Å²) >= 11 is 0. The van der Waals surface area contributed by atoms with E-state index in [1.807, 2.05) is 30.3 Å². The Hall–Kier alpha value is -3.41. The number of benzene rings is 2. The van der Waals surface area contributed by atoms with Crippen molar-refractivity contribution in [1.82, 2.24) is 10.3 Å². The summed E-state index contributed by atoms with van der Waals surface area (Å²) in [6.45, 7) is 0.950. The van der Waals surface area contributed by atoms with Crippen molar-refractivity contribution in [2.45, 2.75) is 6.42 Å². The van der Waals surface area contributed by atoms with Crippen LogP contribution in [0.4, 0.5) is 0 Å². The van der Waals surface area contributed by atoms with Crippen LogP contribution in [-0.4, -0.2) is 29.9 Å². The number of nitrogens with one attached hydrogen (secondary N) is 1. The Bertz CT molecular complexity index is 918. The van der Waals surface area contributed by atoms with Crippen LogP contribution in [0.15, 0.2) is 60.8 Å². The second kappa shape index (κ2) is 8.11. The predicted octanol–water partition coefficient (Wildman–Crippen LogP) is 2.53. The quantitative estimate of drug-likeness (QED) is 0.641. The van der Waals surface area contributed by atoms with Crippen LogP contribution in [-0.2, 0) is 0 Å². The molecule has 1 heterocycles. The molecule has 0 bridgehead atoms. The first kappa shape index (κ1) is 17.4. The van der Waals surface area contributed by atoms with E-state index in [2.05, 4.69) is 10.3 Å². The number of carbonyl (C=O) groups excluding carboxylic acids is 2. The fourth-order valence-electron chi connectivity index (χ4n) is 2.54. The number of nitrogens with zero attached hydrogens (tertiary/aromatic N) is 1. The van der Waals surface area contributed by atoms with Crippen molar-refractivity contribution < 1.29 is 14.3 Å². The van der Waals surface area contributed by atoms with Crippen LogP contribution < -0.4 is 15.8 Å². The number of hydrogen-bond acceptors (Lipinski definition) is 4. The Balaban J connectivity index is 1.46. The van der Waals surface area contributed by atoms with Gasteiger partial charge in [-0.1, -0.05) is 18.2 Å². The molecule has 0 atom stereocenters. The summed E-state index contributed by atoms with van der Waals surface area (Å²) in [5, 5.41) is 3.85. The zero-order chi connectivity index (χ0) is 18.4. The Labute approximate surface area is 151 Å². The van der Waals surface area contributed by atoms with Gasteiger partial charge in [0.2, 0.25) is 5.91 Å². The maximum absolute atomic E-state index is 12.1. The smallest absolute Gasteiger partial charge is 0.251 e. The summed E-state index contributed by atoms with van der Waals surface area (Å²) in [5.74, 6) is 0.0151. The number of para-hydroxylation sites is 1. The molecule has 0 aliphatic heterocycles. The molecule has 3 N–H and O–H groups in total. The maximum Gasteiger partial charge on any atom is 0.251 e. The molecule has 26 heavy (non-hydrogen) atoms. The number of amides is 2. The number of rotatable bonds is 7. The normalized spacial score (nSPS) is 10.5. The molecule has 0 saturated carbocycles. The minimum absolute atomic E-state index is 0.201. The highest BCUT2D eigenvalue weighted by atomic mass is 16.5. The average Bonchev–Trinajstić information content (AvgIpc) is 2.67. The number of fused-ring (bicyclic) bond motifs is 1.